The van der Waals surface area contributed by atoms with E-state index >= 15 is 0 Å². The Hall–Kier alpha value is -2.14. The number of rotatable bonds is 5. The van der Waals surface area contributed by atoms with E-state index in [1.54, 1.807) is 4.68 Å². The Balaban J connectivity index is 1.98. The molecule has 0 bridgehead atoms. The molecule has 1 N–H and O–H groups in total. The Morgan fingerprint density at radius 2 is 2.05 bits per heavy atom. The van der Waals surface area contributed by atoms with Crippen molar-refractivity contribution in [1.82, 2.24) is 24.9 Å². The minimum Gasteiger partial charge on any atom is -0.337 e. The van der Waals surface area contributed by atoms with Crippen molar-refractivity contribution >= 4 is 10.9 Å². The minimum atomic E-state index is 0.466. The molecule has 3 aromatic rings. The quantitative estimate of drug-likeness (QED) is 0.781. The van der Waals surface area contributed by atoms with Crippen molar-refractivity contribution in [3.63, 3.8) is 0 Å². The van der Waals surface area contributed by atoms with Gasteiger partial charge in [-0.05, 0) is 17.5 Å². The van der Waals surface area contributed by atoms with E-state index in [4.69, 9.17) is 0 Å². The molecular formula is C16H21N5. The molecule has 0 radical (unpaired) electrons. The van der Waals surface area contributed by atoms with E-state index < -0.39 is 0 Å². The van der Waals surface area contributed by atoms with Gasteiger partial charge in [0.2, 0.25) is 0 Å². The first-order valence-corrected chi connectivity index (χ1v) is 7.29. The normalized spacial score (nSPS) is 11.6. The van der Waals surface area contributed by atoms with Crippen LogP contribution in [-0.2, 0) is 20.1 Å². The molecule has 21 heavy (non-hydrogen) atoms. The van der Waals surface area contributed by atoms with Gasteiger partial charge in [0.25, 0.3) is 0 Å². The Labute approximate surface area is 124 Å². The largest absolute Gasteiger partial charge is 0.337 e. The summed E-state index contributed by atoms with van der Waals surface area (Å²) in [5.74, 6) is 0. The number of hydrogen-bond acceptors (Lipinski definition) is 3. The summed E-state index contributed by atoms with van der Waals surface area (Å²) in [4.78, 5) is 0. The zero-order valence-corrected chi connectivity index (χ0v) is 12.7. The summed E-state index contributed by atoms with van der Waals surface area (Å²) in [5.41, 5.74) is 3.49. The molecule has 5 heteroatoms. The van der Waals surface area contributed by atoms with Gasteiger partial charge in [-0.2, -0.15) is 0 Å². The zero-order valence-electron chi connectivity index (χ0n) is 12.7. The maximum Gasteiger partial charge on any atom is 0.102 e. The van der Waals surface area contributed by atoms with Crippen LogP contribution in [0.15, 0.2) is 36.5 Å². The number of fused-ring (bicyclic) bond motifs is 1. The molecular weight excluding hydrogens is 262 g/mol. The number of aryl methyl sites for hydroxylation is 1. The van der Waals surface area contributed by atoms with Crippen LogP contribution in [0, 0.1) is 0 Å². The van der Waals surface area contributed by atoms with Crippen molar-refractivity contribution in [3.8, 4) is 0 Å². The molecule has 0 atom stereocenters. The smallest absolute Gasteiger partial charge is 0.102 e. The predicted molar refractivity (Wildman–Crippen MR) is 84.0 cm³/mol. The van der Waals surface area contributed by atoms with E-state index in [2.05, 4.69) is 64.4 Å². The summed E-state index contributed by atoms with van der Waals surface area (Å²) in [6.45, 7) is 5.93. The van der Waals surface area contributed by atoms with Gasteiger partial charge in [-0.3, -0.25) is 4.68 Å². The second-order valence-corrected chi connectivity index (χ2v) is 5.70. The van der Waals surface area contributed by atoms with Crippen LogP contribution in [0.1, 0.15) is 25.2 Å². The summed E-state index contributed by atoms with van der Waals surface area (Å²) in [7, 11) is 1.89. The molecule has 1 aromatic carbocycles. The van der Waals surface area contributed by atoms with Crippen LogP contribution in [0.2, 0.25) is 0 Å². The summed E-state index contributed by atoms with van der Waals surface area (Å²) in [6, 6.07) is 11.2. The Bertz CT molecular complexity index is 738. The average Bonchev–Trinajstić information content (AvgIpc) is 3.01. The minimum absolute atomic E-state index is 0.466. The topological polar surface area (TPSA) is 47.7 Å². The van der Waals surface area contributed by atoms with Gasteiger partial charge >= 0.3 is 0 Å². The predicted octanol–water partition coefficient (Wildman–Crippen LogP) is 2.32. The lowest BCUT2D eigenvalue weighted by Crippen LogP contribution is -2.23. The van der Waals surface area contributed by atoms with Gasteiger partial charge in [0.05, 0.1) is 6.54 Å². The fraction of sp³-hybridized carbons (Fsp3) is 0.375. The standard InChI is InChI=1S/C16H21N5/c1-12(2)17-9-15-8-13-6-4-5-7-16(13)21(15)11-14-10-20(3)19-18-14/h4-8,10,12,17H,9,11H2,1-3H3. The van der Waals surface area contributed by atoms with Gasteiger partial charge in [0, 0.05) is 37.0 Å². The first kappa shape index (κ1) is 13.8. The number of nitrogens with one attached hydrogen (secondary N) is 1. The summed E-state index contributed by atoms with van der Waals surface area (Å²) >= 11 is 0. The van der Waals surface area contributed by atoms with Crippen LogP contribution >= 0.6 is 0 Å². The third-order valence-electron chi connectivity index (χ3n) is 3.56. The number of nitrogens with zero attached hydrogens (tertiary/aromatic N) is 4. The molecule has 0 amide bonds. The van der Waals surface area contributed by atoms with E-state index in [9.17, 15) is 0 Å². The first-order chi connectivity index (χ1) is 10.1. The van der Waals surface area contributed by atoms with Crippen molar-refractivity contribution in [2.75, 3.05) is 0 Å². The van der Waals surface area contributed by atoms with Crippen LogP contribution in [0.3, 0.4) is 0 Å². The molecule has 3 rings (SSSR count). The fourth-order valence-corrected chi connectivity index (χ4v) is 2.54. The van der Waals surface area contributed by atoms with Crippen LogP contribution in [-0.4, -0.2) is 25.6 Å². The van der Waals surface area contributed by atoms with Crippen molar-refractivity contribution in [1.29, 1.82) is 0 Å². The van der Waals surface area contributed by atoms with Crippen molar-refractivity contribution in [3.05, 3.63) is 47.9 Å². The summed E-state index contributed by atoms with van der Waals surface area (Å²) in [6.07, 6.45) is 1.97. The molecule has 0 unspecified atom stereocenters. The van der Waals surface area contributed by atoms with E-state index in [0.29, 0.717) is 6.04 Å². The monoisotopic (exact) mass is 283 g/mol. The van der Waals surface area contributed by atoms with Crippen LogP contribution < -0.4 is 5.32 Å². The molecule has 5 nitrogen and oxygen atoms in total. The number of para-hydroxylation sites is 1. The molecule has 0 fully saturated rings. The van der Waals surface area contributed by atoms with Gasteiger partial charge in [-0.25, -0.2) is 0 Å². The van der Waals surface area contributed by atoms with E-state index in [1.165, 1.54) is 16.6 Å². The van der Waals surface area contributed by atoms with Crippen LogP contribution in [0.25, 0.3) is 10.9 Å². The van der Waals surface area contributed by atoms with Gasteiger partial charge in [0.1, 0.15) is 5.69 Å². The third kappa shape index (κ3) is 2.97. The van der Waals surface area contributed by atoms with Crippen molar-refractivity contribution in [2.24, 2.45) is 7.05 Å². The Morgan fingerprint density at radius 3 is 2.76 bits per heavy atom. The Kier molecular flexibility index (Phi) is 3.75. The highest BCUT2D eigenvalue weighted by Gasteiger charge is 2.10. The van der Waals surface area contributed by atoms with Crippen molar-refractivity contribution < 1.29 is 0 Å². The SMILES string of the molecule is CC(C)NCc1cc2ccccc2n1Cc1cn(C)nn1. The maximum atomic E-state index is 4.21. The van der Waals surface area contributed by atoms with Crippen molar-refractivity contribution in [2.45, 2.75) is 33.0 Å². The van der Waals surface area contributed by atoms with Gasteiger partial charge in [-0.15, -0.1) is 5.10 Å². The fourth-order valence-electron chi connectivity index (χ4n) is 2.54. The molecule has 110 valence electrons. The molecule has 2 aromatic heterocycles. The number of hydrogen-bond donors (Lipinski definition) is 1. The van der Waals surface area contributed by atoms with Crippen LogP contribution in [0.5, 0.6) is 0 Å². The highest BCUT2D eigenvalue weighted by molar-refractivity contribution is 5.81. The van der Waals surface area contributed by atoms with E-state index in [-0.39, 0.29) is 0 Å². The maximum absolute atomic E-state index is 4.21. The highest BCUT2D eigenvalue weighted by Crippen LogP contribution is 2.21. The lowest BCUT2D eigenvalue weighted by atomic mass is 10.2. The van der Waals surface area contributed by atoms with E-state index in [1.807, 2.05) is 13.2 Å². The highest BCUT2D eigenvalue weighted by atomic mass is 15.4. The number of aromatic nitrogens is 4. The Morgan fingerprint density at radius 1 is 1.24 bits per heavy atom. The lowest BCUT2D eigenvalue weighted by Gasteiger charge is -2.12. The zero-order chi connectivity index (χ0) is 14.8. The summed E-state index contributed by atoms with van der Waals surface area (Å²) < 4.78 is 4.06. The second-order valence-electron chi connectivity index (χ2n) is 5.70. The van der Waals surface area contributed by atoms with E-state index in [0.717, 1.165) is 18.8 Å². The van der Waals surface area contributed by atoms with Gasteiger partial charge in [0.15, 0.2) is 0 Å². The van der Waals surface area contributed by atoms with Gasteiger partial charge < -0.3 is 9.88 Å². The molecule has 0 aliphatic carbocycles. The average molecular weight is 283 g/mol. The first-order valence-electron chi connectivity index (χ1n) is 7.29. The van der Waals surface area contributed by atoms with Crippen LogP contribution in [0.4, 0.5) is 0 Å². The molecule has 0 aliphatic rings. The third-order valence-corrected chi connectivity index (χ3v) is 3.56. The molecule has 2 heterocycles. The lowest BCUT2D eigenvalue weighted by molar-refractivity contribution is 0.566. The second kappa shape index (κ2) is 5.69. The molecule has 0 saturated carbocycles. The molecule has 0 saturated heterocycles. The molecule has 0 spiro atoms. The van der Waals surface area contributed by atoms with Gasteiger partial charge in [-0.1, -0.05) is 37.3 Å². The summed E-state index contributed by atoms with van der Waals surface area (Å²) in [5, 5.41) is 13.0. The molecule has 0 aliphatic heterocycles. The number of benzene rings is 1.